The number of hydrogen-bond donors (Lipinski definition) is 0. The van der Waals surface area contributed by atoms with E-state index in [9.17, 15) is 12.8 Å². The van der Waals surface area contributed by atoms with Gasteiger partial charge in [-0.2, -0.15) is 0 Å². The van der Waals surface area contributed by atoms with Crippen molar-refractivity contribution in [2.24, 2.45) is 0 Å². The van der Waals surface area contributed by atoms with Crippen LogP contribution in [0.1, 0.15) is 30.4 Å². The highest BCUT2D eigenvalue weighted by Crippen LogP contribution is 2.37. The number of nitrogens with zero attached hydrogens (tertiary/aromatic N) is 2. The van der Waals surface area contributed by atoms with Gasteiger partial charge in [-0.1, -0.05) is 6.07 Å². The number of aryl methyl sites for hydroxylation is 2. The summed E-state index contributed by atoms with van der Waals surface area (Å²) in [6.07, 6.45) is 4.52. The second-order valence-electron chi connectivity index (χ2n) is 7.43. The van der Waals surface area contributed by atoms with Crippen molar-refractivity contribution < 1.29 is 12.8 Å². The maximum atomic E-state index is 14.0. The molecule has 0 spiro atoms. The van der Waals surface area contributed by atoms with Gasteiger partial charge in [0.2, 0.25) is 9.84 Å². The van der Waals surface area contributed by atoms with E-state index >= 15 is 0 Å². The second kappa shape index (κ2) is 7.17. The smallest absolute Gasteiger partial charge is 0.210 e. The molecule has 1 fully saturated rings. The molecule has 2 heterocycles. The van der Waals surface area contributed by atoms with Crippen LogP contribution in [0.3, 0.4) is 0 Å². The van der Waals surface area contributed by atoms with Crippen LogP contribution in [0.25, 0.3) is 10.9 Å². The number of halogens is 1. The van der Waals surface area contributed by atoms with Crippen molar-refractivity contribution in [3.63, 3.8) is 0 Å². The first-order valence-corrected chi connectivity index (χ1v) is 11.0. The molecular weight excluding hydrogens is 375 g/mol. The van der Waals surface area contributed by atoms with E-state index in [1.165, 1.54) is 18.3 Å². The van der Waals surface area contributed by atoms with Crippen LogP contribution >= 0.6 is 0 Å². The van der Waals surface area contributed by atoms with E-state index in [1.54, 1.807) is 18.2 Å². The van der Waals surface area contributed by atoms with Crippen LogP contribution in [0.4, 0.5) is 10.1 Å². The van der Waals surface area contributed by atoms with E-state index < -0.39 is 15.7 Å². The van der Waals surface area contributed by atoms with E-state index in [0.29, 0.717) is 16.6 Å². The average molecular weight is 399 g/mol. The SMILES string of the molecule is Cc1ccc(S(=O)(=O)c2cnc3ccc(F)cc3c2N2CCCCC2)cc1C. The Balaban J connectivity index is 1.98. The van der Waals surface area contributed by atoms with Crippen LogP contribution in [0.2, 0.25) is 0 Å². The molecule has 0 bridgehead atoms. The lowest BCUT2D eigenvalue weighted by atomic mass is 10.1. The molecule has 0 atom stereocenters. The fourth-order valence-electron chi connectivity index (χ4n) is 3.78. The van der Waals surface area contributed by atoms with Crippen molar-refractivity contribution >= 4 is 26.4 Å². The number of pyridine rings is 1. The molecule has 0 radical (unpaired) electrons. The first-order valence-electron chi connectivity index (χ1n) is 9.53. The predicted octanol–water partition coefficient (Wildman–Crippen LogP) is 4.81. The predicted molar refractivity (Wildman–Crippen MR) is 109 cm³/mol. The van der Waals surface area contributed by atoms with Crippen LogP contribution in [0, 0.1) is 19.7 Å². The van der Waals surface area contributed by atoms with Crippen molar-refractivity contribution in [2.45, 2.75) is 42.9 Å². The van der Waals surface area contributed by atoms with Gasteiger partial charge in [0, 0.05) is 24.7 Å². The standard InChI is InChI=1S/C22H23FN2O2S/c1-15-6-8-18(12-16(15)2)28(26,27)21-14-24-20-9-7-17(23)13-19(20)22(21)25-10-4-3-5-11-25/h6-9,12-14H,3-5,10-11H2,1-2H3. The fourth-order valence-corrected chi connectivity index (χ4v) is 5.30. The quantitative estimate of drug-likeness (QED) is 0.635. The Morgan fingerprint density at radius 3 is 2.43 bits per heavy atom. The molecule has 0 saturated carbocycles. The monoisotopic (exact) mass is 398 g/mol. The molecule has 1 aliphatic heterocycles. The number of fused-ring (bicyclic) bond motifs is 1. The van der Waals surface area contributed by atoms with Crippen LogP contribution in [0.15, 0.2) is 52.4 Å². The first-order chi connectivity index (χ1) is 13.4. The summed E-state index contributed by atoms with van der Waals surface area (Å²) >= 11 is 0. The number of anilines is 1. The zero-order valence-corrected chi connectivity index (χ0v) is 16.9. The highest BCUT2D eigenvalue weighted by Gasteiger charge is 2.28. The molecule has 4 rings (SSSR count). The molecular formula is C22H23FN2O2S. The molecule has 0 N–H and O–H groups in total. The zero-order valence-electron chi connectivity index (χ0n) is 16.1. The Kier molecular flexibility index (Phi) is 4.83. The summed E-state index contributed by atoms with van der Waals surface area (Å²) < 4.78 is 41.1. The lowest BCUT2D eigenvalue weighted by Crippen LogP contribution is -2.31. The van der Waals surface area contributed by atoms with Crippen molar-refractivity contribution in [1.29, 1.82) is 0 Å². The van der Waals surface area contributed by atoms with Crippen molar-refractivity contribution in [1.82, 2.24) is 4.98 Å². The molecule has 0 amide bonds. The summed E-state index contributed by atoms with van der Waals surface area (Å²) in [6.45, 7) is 5.36. The van der Waals surface area contributed by atoms with Crippen molar-refractivity contribution in [2.75, 3.05) is 18.0 Å². The van der Waals surface area contributed by atoms with Gasteiger partial charge in [-0.25, -0.2) is 12.8 Å². The van der Waals surface area contributed by atoms with Gasteiger partial charge >= 0.3 is 0 Å². The maximum Gasteiger partial charge on any atom is 0.210 e. The molecule has 0 unspecified atom stereocenters. The summed E-state index contributed by atoms with van der Waals surface area (Å²) in [4.78, 5) is 6.80. The third-order valence-electron chi connectivity index (χ3n) is 5.52. The summed E-state index contributed by atoms with van der Waals surface area (Å²) in [5.41, 5.74) is 3.12. The Morgan fingerprint density at radius 1 is 0.964 bits per heavy atom. The number of aromatic nitrogens is 1. The number of benzene rings is 2. The van der Waals surface area contributed by atoms with E-state index in [4.69, 9.17) is 0 Å². The van der Waals surface area contributed by atoms with Crippen LogP contribution in [-0.4, -0.2) is 26.5 Å². The molecule has 2 aromatic carbocycles. The van der Waals surface area contributed by atoms with E-state index in [2.05, 4.69) is 9.88 Å². The van der Waals surface area contributed by atoms with Gasteiger partial charge in [-0.3, -0.25) is 4.98 Å². The number of hydrogen-bond acceptors (Lipinski definition) is 4. The van der Waals surface area contributed by atoms with E-state index in [-0.39, 0.29) is 9.79 Å². The molecule has 1 saturated heterocycles. The normalized spacial score (nSPS) is 15.2. The van der Waals surface area contributed by atoms with Crippen molar-refractivity contribution in [3.8, 4) is 0 Å². The van der Waals surface area contributed by atoms with Crippen molar-refractivity contribution in [3.05, 3.63) is 59.5 Å². The third-order valence-corrected chi connectivity index (χ3v) is 7.27. The Morgan fingerprint density at radius 2 is 1.71 bits per heavy atom. The summed E-state index contributed by atoms with van der Waals surface area (Å²) in [6, 6.07) is 9.49. The van der Waals surface area contributed by atoms with Gasteiger partial charge in [-0.15, -0.1) is 0 Å². The Bertz CT molecular complexity index is 1150. The number of sulfone groups is 1. The van der Waals surface area contributed by atoms with Gasteiger partial charge in [-0.05, 0) is 74.6 Å². The van der Waals surface area contributed by atoms with Crippen LogP contribution in [0.5, 0.6) is 0 Å². The summed E-state index contributed by atoms with van der Waals surface area (Å²) in [5, 5.41) is 0.548. The highest BCUT2D eigenvalue weighted by molar-refractivity contribution is 7.91. The molecule has 3 aromatic rings. The largest absolute Gasteiger partial charge is 0.370 e. The first kappa shape index (κ1) is 18.9. The summed E-state index contributed by atoms with van der Waals surface area (Å²) in [7, 11) is -3.79. The van der Waals surface area contributed by atoms with Gasteiger partial charge < -0.3 is 4.90 Å². The number of piperidine rings is 1. The molecule has 1 aliphatic rings. The minimum atomic E-state index is -3.79. The molecule has 1 aromatic heterocycles. The molecule has 0 aliphatic carbocycles. The molecule has 6 heteroatoms. The lowest BCUT2D eigenvalue weighted by Gasteiger charge is -2.31. The molecule has 4 nitrogen and oxygen atoms in total. The average Bonchev–Trinajstić information content (AvgIpc) is 2.69. The maximum absolute atomic E-state index is 14.0. The second-order valence-corrected chi connectivity index (χ2v) is 9.35. The fraction of sp³-hybridized carbons (Fsp3) is 0.318. The van der Waals surface area contributed by atoms with Crippen LogP contribution < -0.4 is 4.90 Å². The topological polar surface area (TPSA) is 50.3 Å². The Hall–Kier alpha value is -2.47. The van der Waals surface area contributed by atoms with Crippen LogP contribution in [-0.2, 0) is 9.84 Å². The van der Waals surface area contributed by atoms with Gasteiger partial charge in [0.1, 0.15) is 10.7 Å². The van der Waals surface area contributed by atoms with Gasteiger partial charge in [0.15, 0.2) is 0 Å². The molecule has 28 heavy (non-hydrogen) atoms. The third kappa shape index (κ3) is 3.26. The lowest BCUT2D eigenvalue weighted by molar-refractivity contribution is 0.571. The minimum absolute atomic E-state index is 0.149. The van der Waals surface area contributed by atoms with Gasteiger partial charge in [0.25, 0.3) is 0 Å². The van der Waals surface area contributed by atoms with E-state index in [1.807, 2.05) is 19.9 Å². The molecule has 146 valence electrons. The summed E-state index contributed by atoms with van der Waals surface area (Å²) in [5.74, 6) is -0.395. The number of rotatable bonds is 3. The van der Waals surface area contributed by atoms with Gasteiger partial charge in [0.05, 0.1) is 16.1 Å². The zero-order chi connectivity index (χ0) is 19.9. The minimum Gasteiger partial charge on any atom is -0.370 e. The Labute approximate surface area is 164 Å². The highest BCUT2D eigenvalue weighted by atomic mass is 32.2. The van der Waals surface area contributed by atoms with E-state index in [0.717, 1.165) is 43.5 Å².